The van der Waals surface area contributed by atoms with Gasteiger partial charge in [0.1, 0.15) is 61.0 Å². The molecule has 3 saturated heterocycles. The van der Waals surface area contributed by atoms with Crippen molar-refractivity contribution in [2.45, 2.75) is 238 Å². The lowest BCUT2D eigenvalue weighted by molar-refractivity contribution is -0.343. The van der Waals surface area contributed by atoms with Crippen LogP contribution in [-0.2, 0) is 52.3 Å². The molecule has 0 radical (unpaired) electrons. The molecule has 80 heavy (non-hydrogen) atoms. The maximum atomic E-state index is 13.8. The van der Waals surface area contributed by atoms with E-state index >= 15 is 0 Å². The predicted octanol–water partition coefficient (Wildman–Crippen LogP) is 1.68. The van der Waals surface area contributed by atoms with E-state index in [1.807, 2.05) is 13.8 Å². The quantitative estimate of drug-likeness (QED) is 0.0670. The first-order valence-electron chi connectivity index (χ1n) is 28.5. The molecule has 3 heterocycles. The van der Waals surface area contributed by atoms with Crippen LogP contribution in [0.4, 0.5) is 0 Å². The molecule has 25 atom stereocenters. The summed E-state index contributed by atoms with van der Waals surface area (Å²) in [6.07, 6.45) is -19.2. The number of ether oxygens (including phenoxy) is 8. The number of aliphatic hydroxyl groups excluding tert-OH is 10. The second-order valence-corrected chi connectivity index (χ2v) is 26.4. The molecule has 0 amide bonds. The average Bonchev–Trinajstić information content (AvgIpc) is 2.13. The first kappa shape index (κ1) is 63.0. The summed E-state index contributed by atoms with van der Waals surface area (Å²) in [5.41, 5.74) is -2.62. The highest BCUT2D eigenvalue weighted by Crippen LogP contribution is 2.76. The molecule has 5 aliphatic carbocycles. The third-order valence-corrected chi connectivity index (χ3v) is 21.5. The monoisotopic (exact) mass is 1140 g/mol. The van der Waals surface area contributed by atoms with Gasteiger partial charge in [0.05, 0.1) is 43.5 Å². The van der Waals surface area contributed by atoms with E-state index in [0.29, 0.717) is 49.7 Å². The van der Waals surface area contributed by atoms with Crippen LogP contribution in [0, 0.1) is 50.2 Å². The Bertz CT molecular complexity index is 2370. The van der Waals surface area contributed by atoms with Gasteiger partial charge in [0, 0.05) is 23.0 Å². The van der Waals surface area contributed by atoms with Crippen LogP contribution in [0.2, 0.25) is 0 Å². The molecule has 22 heteroatoms. The zero-order valence-corrected chi connectivity index (χ0v) is 48.0. The first-order valence-corrected chi connectivity index (χ1v) is 28.5. The molecule has 0 aromatic carbocycles. The number of hydrogen-bond acceptors (Lipinski definition) is 21. The number of esters is 2. The molecule has 454 valence electrons. The molecular weight excluding hydrogens is 1050 g/mol. The number of carbonyl (C=O) groups excluding carboxylic acids is 2. The summed E-state index contributed by atoms with van der Waals surface area (Å²) >= 11 is 0. The number of carbonyl (C=O) groups is 3. The summed E-state index contributed by atoms with van der Waals surface area (Å²) in [5, 5.41) is 121. The third-order valence-electron chi connectivity index (χ3n) is 21.5. The van der Waals surface area contributed by atoms with Gasteiger partial charge in [0.15, 0.2) is 31.1 Å². The van der Waals surface area contributed by atoms with Gasteiger partial charge in [-0.05, 0) is 112 Å². The first-order chi connectivity index (χ1) is 37.4. The Kier molecular flexibility index (Phi) is 18.2. The fourth-order valence-corrected chi connectivity index (χ4v) is 16.3. The maximum absolute atomic E-state index is 13.8. The fraction of sp³-hybridized carbons (Fsp3) is 0.845. The van der Waals surface area contributed by atoms with E-state index in [2.05, 4.69) is 40.7 Å². The van der Waals surface area contributed by atoms with Crippen LogP contribution in [-0.4, -0.2) is 204 Å². The Morgan fingerprint density at radius 3 is 1.75 bits per heavy atom. The number of aliphatic hydroxyl groups is 10. The summed E-state index contributed by atoms with van der Waals surface area (Å²) in [6, 6.07) is 0. The van der Waals surface area contributed by atoms with E-state index in [1.54, 1.807) is 39.8 Å². The molecule has 3 aliphatic heterocycles. The number of fused-ring (bicyclic) bond motifs is 7. The summed E-state index contributed by atoms with van der Waals surface area (Å²) in [5.74, 6) is -3.35. The summed E-state index contributed by atoms with van der Waals surface area (Å²) in [7, 11) is 0. The van der Waals surface area contributed by atoms with E-state index in [4.69, 9.17) is 37.9 Å². The molecule has 0 bridgehead atoms. The van der Waals surface area contributed by atoms with Gasteiger partial charge in [-0.25, -0.2) is 14.4 Å². The second-order valence-electron chi connectivity index (χ2n) is 26.4. The number of hydrogen-bond donors (Lipinski definition) is 11. The highest BCUT2D eigenvalue weighted by molar-refractivity contribution is 5.89. The van der Waals surface area contributed by atoms with E-state index < -0.39 is 188 Å². The molecule has 8 aliphatic rings. The minimum atomic E-state index is -2.06. The van der Waals surface area contributed by atoms with Crippen LogP contribution in [0.3, 0.4) is 0 Å². The van der Waals surface area contributed by atoms with Crippen molar-refractivity contribution in [2.24, 2.45) is 50.2 Å². The van der Waals surface area contributed by atoms with Crippen LogP contribution in [0.5, 0.6) is 0 Å². The van der Waals surface area contributed by atoms with Crippen molar-refractivity contribution in [3.63, 3.8) is 0 Å². The van der Waals surface area contributed by atoms with E-state index in [1.165, 1.54) is 0 Å². The van der Waals surface area contributed by atoms with Crippen LogP contribution < -0.4 is 0 Å². The van der Waals surface area contributed by atoms with Gasteiger partial charge < -0.3 is 94.1 Å². The molecule has 0 spiro atoms. The summed E-state index contributed by atoms with van der Waals surface area (Å²) < 4.78 is 49.4. The van der Waals surface area contributed by atoms with E-state index in [9.17, 15) is 70.6 Å². The van der Waals surface area contributed by atoms with Crippen molar-refractivity contribution in [1.29, 1.82) is 0 Å². The highest BCUT2D eigenvalue weighted by Gasteiger charge is 2.74. The molecular formula is C58H90O22. The zero-order valence-electron chi connectivity index (χ0n) is 48.0. The predicted molar refractivity (Wildman–Crippen MR) is 280 cm³/mol. The Labute approximate surface area is 468 Å². The van der Waals surface area contributed by atoms with Gasteiger partial charge in [0.2, 0.25) is 0 Å². The van der Waals surface area contributed by atoms with Gasteiger partial charge >= 0.3 is 17.9 Å². The molecule has 0 aromatic heterocycles. The van der Waals surface area contributed by atoms with Crippen LogP contribution in [0.25, 0.3) is 0 Å². The number of rotatable bonds is 14. The maximum Gasteiger partial charge on any atom is 0.335 e. The lowest BCUT2D eigenvalue weighted by atomic mass is 9.33. The normalized spacial score (nSPS) is 48.3. The minimum Gasteiger partial charge on any atom is -0.479 e. The summed E-state index contributed by atoms with van der Waals surface area (Å²) in [6.45, 7) is 19.6. The van der Waals surface area contributed by atoms with Gasteiger partial charge in [-0.15, -0.1) is 0 Å². The van der Waals surface area contributed by atoms with Crippen LogP contribution in [0.15, 0.2) is 34.9 Å². The smallest absolute Gasteiger partial charge is 0.335 e. The Balaban J connectivity index is 1.12. The Morgan fingerprint density at radius 1 is 0.650 bits per heavy atom. The van der Waals surface area contributed by atoms with Crippen molar-refractivity contribution in [3.8, 4) is 0 Å². The molecule has 0 aromatic rings. The molecule has 11 unspecified atom stereocenters. The van der Waals surface area contributed by atoms with Crippen molar-refractivity contribution < 1.29 is 108 Å². The van der Waals surface area contributed by atoms with Gasteiger partial charge in [-0.2, -0.15) is 0 Å². The van der Waals surface area contributed by atoms with E-state index in [-0.39, 0.29) is 23.7 Å². The lowest BCUT2D eigenvalue weighted by Crippen LogP contribution is -2.72. The molecule has 8 rings (SSSR count). The largest absolute Gasteiger partial charge is 0.479 e. The highest BCUT2D eigenvalue weighted by atomic mass is 16.8. The van der Waals surface area contributed by atoms with Crippen molar-refractivity contribution in [3.05, 3.63) is 34.9 Å². The van der Waals surface area contributed by atoms with E-state index in [0.717, 1.165) is 5.57 Å². The Morgan fingerprint density at radius 2 is 1.20 bits per heavy atom. The summed E-state index contributed by atoms with van der Waals surface area (Å²) in [4.78, 5) is 40.5. The number of carboxylic acids is 1. The van der Waals surface area contributed by atoms with Gasteiger partial charge in [0.25, 0.3) is 0 Å². The molecule has 4 saturated carbocycles. The van der Waals surface area contributed by atoms with Crippen molar-refractivity contribution >= 4 is 17.9 Å². The van der Waals surface area contributed by atoms with Gasteiger partial charge in [-0.1, -0.05) is 72.3 Å². The average molecular weight is 1140 g/mol. The number of allylic oxidation sites excluding steroid dienone is 4. The minimum absolute atomic E-state index is 0.0366. The zero-order chi connectivity index (χ0) is 59.1. The fourth-order valence-electron chi connectivity index (χ4n) is 16.3. The number of aliphatic carboxylic acids is 1. The second kappa shape index (κ2) is 23.1. The molecule has 11 N–H and O–H groups in total. The van der Waals surface area contributed by atoms with Crippen molar-refractivity contribution in [2.75, 3.05) is 19.8 Å². The third kappa shape index (κ3) is 10.3. The molecule has 7 fully saturated rings. The SMILES string of the molecule is C/C=C(/C)C(=O)O[C@H]1[C@H](OC(=O)/C(C)=C\C)C2(CO)C(CC1(C)C)C1=CCC3[C@@]4(C)CC[C@H](O[C@@H]5OC(C(=O)O)[C@@H](O)C(O[C@@H]6O[C@@H](CO)C(O)[C@@H]6O)CC5O[C@@H]5OC(CO)[C@H](O)C(O)C5O)C(C)(C)C4CC[C@@]3(C)[C@]1(C)C[C@H]2O. The standard InChI is InChI=1S/C58H90O22/c1-12-26(3)48(71)79-45-46(80-49(72)27(4)13-2)58(25-61)29(21-53(45,5)6)28-14-15-35-55(9)18-17-37(54(7,8)34(55)16-19-56(35,10)57(28,11)22-36(58)62)77-50-31(74-52-43(68)41(66)38(63)32(23-59)75-52)20-30(40(65)44(78-50)47(69)70)73-51-42(67)39(64)33(24-60)76-51/h12-14,29-46,50-52,59-68H,15-25H2,1-11H3,(H,69,70)/b26-12-,27-13-/t29?,30?,31?,32?,33-,34?,35?,36+,37-,38-,39?,40-,41?,42-,43?,44?,45-,46-,50+,51+,52+,55-,56+,57+,58?/m0/s1. The van der Waals surface area contributed by atoms with Gasteiger partial charge in [-0.3, -0.25) is 0 Å². The lowest BCUT2D eigenvalue weighted by Gasteiger charge is -2.72. The molecule has 22 nitrogen and oxygen atoms in total. The van der Waals surface area contributed by atoms with Crippen molar-refractivity contribution in [1.82, 2.24) is 0 Å². The number of carboxylic acid groups (broad SMARTS) is 1. The van der Waals surface area contributed by atoms with Crippen LogP contribution >= 0.6 is 0 Å². The Hall–Kier alpha value is -3.01. The topological polar surface area (TPSA) is 348 Å². The van der Waals surface area contributed by atoms with Crippen LogP contribution in [0.1, 0.15) is 128 Å².